The van der Waals surface area contributed by atoms with Gasteiger partial charge in [0.15, 0.2) is 15.9 Å². The maximum Gasteiger partial charge on any atom is 0.236 e. The molecule has 3 aromatic rings. The lowest BCUT2D eigenvalue weighted by molar-refractivity contribution is -0.116. The number of benzene rings is 1. The van der Waals surface area contributed by atoms with Gasteiger partial charge in [-0.25, -0.2) is 4.39 Å². The third kappa shape index (κ3) is 4.85. The Balaban J connectivity index is 1.43. The third-order valence-electron chi connectivity index (χ3n) is 5.93. The molecule has 1 aromatic carbocycles. The van der Waals surface area contributed by atoms with E-state index >= 15 is 0 Å². The summed E-state index contributed by atoms with van der Waals surface area (Å²) in [6.45, 7) is 1.72. The molecule has 13 heteroatoms. The van der Waals surface area contributed by atoms with Gasteiger partial charge in [-0.15, -0.1) is 10.2 Å². The van der Waals surface area contributed by atoms with Crippen molar-refractivity contribution in [1.82, 2.24) is 15.4 Å². The minimum Gasteiger partial charge on any atom is -0.384 e. The SMILES string of the molecule is Cc1cc(NC(=O)CSc2nnc(N3C(N)=C(C#N)C(c4ccc(F)cc4)C4=C3CCCC4=O)s2)no1. The fraction of sp³-hybridized carbons (Fsp3) is 0.250. The van der Waals surface area contributed by atoms with Crippen LogP contribution in [0.4, 0.5) is 15.3 Å². The highest BCUT2D eigenvalue weighted by atomic mass is 32.2. The van der Waals surface area contributed by atoms with Crippen molar-refractivity contribution in [3.8, 4) is 6.07 Å². The number of nitrogens with two attached hydrogens (primary N) is 1. The Morgan fingerprint density at radius 2 is 2.14 bits per heavy atom. The predicted octanol–water partition coefficient (Wildman–Crippen LogP) is 4.01. The molecule has 1 aliphatic carbocycles. The van der Waals surface area contributed by atoms with E-state index in [1.807, 2.05) is 0 Å². The molecule has 1 aliphatic heterocycles. The van der Waals surface area contributed by atoms with Gasteiger partial charge in [-0.2, -0.15) is 5.26 Å². The van der Waals surface area contributed by atoms with Crippen molar-refractivity contribution in [2.24, 2.45) is 5.73 Å². The minimum absolute atomic E-state index is 0.0639. The minimum atomic E-state index is -0.685. The second-order valence-electron chi connectivity index (χ2n) is 8.38. The molecule has 1 amide bonds. The van der Waals surface area contributed by atoms with Crippen LogP contribution in [0.25, 0.3) is 0 Å². The van der Waals surface area contributed by atoms with Gasteiger partial charge in [0.25, 0.3) is 0 Å². The smallest absolute Gasteiger partial charge is 0.236 e. The fourth-order valence-corrected chi connectivity index (χ4v) is 6.06. The van der Waals surface area contributed by atoms with Crippen molar-refractivity contribution in [3.05, 3.63) is 70.1 Å². The van der Waals surface area contributed by atoms with E-state index in [4.69, 9.17) is 10.3 Å². The molecule has 3 heterocycles. The Labute approximate surface area is 219 Å². The Kier molecular flexibility index (Phi) is 6.77. The van der Waals surface area contributed by atoms with Crippen molar-refractivity contribution >= 4 is 45.7 Å². The zero-order valence-electron chi connectivity index (χ0n) is 19.5. The fourth-order valence-electron chi connectivity index (χ4n) is 4.38. The molecule has 0 saturated carbocycles. The highest BCUT2D eigenvalue weighted by molar-refractivity contribution is 8.01. The predicted molar refractivity (Wildman–Crippen MR) is 135 cm³/mol. The Hall–Kier alpha value is -4.02. The van der Waals surface area contributed by atoms with Crippen LogP contribution in [0.15, 0.2) is 61.9 Å². The van der Waals surface area contributed by atoms with Gasteiger partial charge in [0.1, 0.15) is 17.4 Å². The highest BCUT2D eigenvalue weighted by Gasteiger charge is 2.41. The second-order valence-corrected chi connectivity index (χ2v) is 10.6. The lowest BCUT2D eigenvalue weighted by Gasteiger charge is -2.38. The van der Waals surface area contributed by atoms with Crippen LogP contribution in [-0.4, -0.2) is 32.8 Å². The van der Waals surface area contributed by atoms with Gasteiger partial charge in [-0.1, -0.05) is 40.4 Å². The summed E-state index contributed by atoms with van der Waals surface area (Å²) in [5.74, 6) is -0.347. The first kappa shape index (κ1) is 24.7. The van der Waals surface area contributed by atoms with Crippen molar-refractivity contribution in [1.29, 1.82) is 5.26 Å². The number of amides is 1. The topological polar surface area (TPSA) is 151 Å². The molecule has 188 valence electrons. The zero-order chi connectivity index (χ0) is 26.1. The Morgan fingerprint density at radius 3 is 2.84 bits per heavy atom. The normalized spacial score (nSPS) is 17.6. The zero-order valence-corrected chi connectivity index (χ0v) is 21.2. The van der Waals surface area contributed by atoms with E-state index in [0.717, 1.165) is 0 Å². The molecule has 3 N–H and O–H groups in total. The molecule has 1 atom stereocenters. The average molecular weight is 538 g/mol. The molecule has 5 rings (SSSR count). The number of aromatic nitrogens is 3. The summed E-state index contributed by atoms with van der Waals surface area (Å²) in [7, 11) is 0. The summed E-state index contributed by atoms with van der Waals surface area (Å²) in [6.07, 6.45) is 1.53. The van der Waals surface area contributed by atoms with Crippen LogP contribution < -0.4 is 16.0 Å². The number of carbonyl (C=O) groups is 2. The number of nitriles is 1. The van der Waals surface area contributed by atoms with Crippen LogP contribution >= 0.6 is 23.1 Å². The van der Waals surface area contributed by atoms with Gasteiger partial charge in [0.05, 0.1) is 23.3 Å². The third-order valence-corrected chi connectivity index (χ3v) is 7.97. The Morgan fingerprint density at radius 1 is 1.35 bits per heavy atom. The number of allylic oxidation sites excluding steroid dienone is 3. The molecule has 0 fully saturated rings. The maximum absolute atomic E-state index is 13.6. The number of Topliss-reactive ketones (excluding diaryl/α,β-unsaturated/α-hetero) is 1. The summed E-state index contributed by atoms with van der Waals surface area (Å²) in [5.41, 5.74) is 8.44. The number of rotatable bonds is 6. The van der Waals surface area contributed by atoms with E-state index in [-0.39, 0.29) is 28.8 Å². The molecule has 2 aliphatic rings. The molecule has 0 spiro atoms. The van der Waals surface area contributed by atoms with Gasteiger partial charge >= 0.3 is 0 Å². The monoisotopic (exact) mass is 537 g/mol. The van der Waals surface area contributed by atoms with Crippen molar-refractivity contribution in [3.63, 3.8) is 0 Å². The van der Waals surface area contributed by atoms with Crippen LogP contribution in [-0.2, 0) is 9.59 Å². The van der Waals surface area contributed by atoms with Gasteiger partial charge < -0.3 is 15.6 Å². The van der Waals surface area contributed by atoms with Gasteiger partial charge in [0.2, 0.25) is 11.0 Å². The van der Waals surface area contributed by atoms with E-state index in [0.29, 0.717) is 57.1 Å². The van der Waals surface area contributed by atoms with Crippen molar-refractivity contribution in [2.45, 2.75) is 36.4 Å². The van der Waals surface area contributed by atoms with Crippen LogP contribution in [0.2, 0.25) is 0 Å². The van der Waals surface area contributed by atoms with E-state index < -0.39 is 11.7 Å². The number of carbonyl (C=O) groups excluding carboxylic acids is 2. The molecule has 37 heavy (non-hydrogen) atoms. The number of ketones is 1. The number of hydrogen-bond donors (Lipinski definition) is 2. The first-order chi connectivity index (χ1) is 17.9. The molecule has 10 nitrogen and oxygen atoms in total. The lowest BCUT2D eigenvalue weighted by atomic mass is 9.76. The summed E-state index contributed by atoms with van der Waals surface area (Å²) in [4.78, 5) is 27.0. The standard InChI is InChI=1S/C24H20FN7O3S2/c1-12-9-18(31-35-12)28-19(34)11-36-24-30-29-23(37-24)32-16-3-2-4-17(33)21(16)20(15(10-26)22(32)27)13-5-7-14(25)8-6-13/h5-9,20H,2-4,11,27H2,1H3,(H,28,31,34). The number of thioether (sulfide) groups is 1. The van der Waals surface area contributed by atoms with Gasteiger partial charge in [-0.05, 0) is 37.5 Å². The van der Waals surface area contributed by atoms with Gasteiger partial charge in [0, 0.05) is 23.8 Å². The second kappa shape index (κ2) is 10.2. The van der Waals surface area contributed by atoms with E-state index in [2.05, 4.69) is 26.7 Å². The van der Waals surface area contributed by atoms with Crippen LogP contribution in [0.1, 0.15) is 36.5 Å². The molecule has 0 saturated heterocycles. The molecule has 0 radical (unpaired) electrons. The van der Waals surface area contributed by atoms with E-state index in [1.54, 1.807) is 30.0 Å². The Bertz CT molecular complexity index is 1490. The number of halogens is 1. The number of nitrogens with one attached hydrogen (secondary N) is 1. The van der Waals surface area contributed by atoms with Crippen LogP contribution in [0.5, 0.6) is 0 Å². The number of anilines is 2. The van der Waals surface area contributed by atoms with Crippen molar-refractivity contribution in [2.75, 3.05) is 16.0 Å². The maximum atomic E-state index is 13.6. The molecule has 0 bridgehead atoms. The quantitative estimate of drug-likeness (QED) is 0.441. The molecule has 2 aromatic heterocycles. The summed E-state index contributed by atoms with van der Waals surface area (Å²) >= 11 is 2.38. The number of nitrogens with zero attached hydrogens (tertiary/aromatic N) is 5. The van der Waals surface area contributed by atoms with Crippen LogP contribution in [0, 0.1) is 24.1 Å². The van der Waals surface area contributed by atoms with Gasteiger partial charge in [-0.3, -0.25) is 14.5 Å². The van der Waals surface area contributed by atoms with Crippen molar-refractivity contribution < 1.29 is 18.5 Å². The molecular weight excluding hydrogens is 517 g/mol. The number of hydrogen-bond acceptors (Lipinski definition) is 11. The van der Waals surface area contributed by atoms with E-state index in [1.165, 1.54) is 35.2 Å². The summed E-state index contributed by atoms with van der Waals surface area (Å²) in [6, 6.07) is 9.51. The van der Waals surface area contributed by atoms with E-state index in [9.17, 15) is 19.2 Å². The molecular formula is C24H20FN7O3S2. The first-order valence-electron chi connectivity index (χ1n) is 11.3. The average Bonchev–Trinajstić information content (AvgIpc) is 3.51. The summed E-state index contributed by atoms with van der Waals surface area (Å²) in [5, 5.41) is 25.2. The summed E-state index contributed by atoms with van der Waals surface area (Å²) < 4.78 is 19.0. The largest absolute Gasteiger partial charge is 0.384 e. The van der Waals surface area contributed by atoms with Crippen LogP contribution in [0.3, 0.4) is 0 Å². The molecule has 1 unspecified atom stereocenters. The lowest BCUT2D eigenvalue weighted by Crippen LogP contribution is -2.38. The number of aryl methyl sites for hydroxylation is 1. The first-order valence-corrected chi connectivity index (χ1v) is 13.1. The highest BCUT2D eigenvalue weighted by Crippen LogP contribution is 2.47.